The molecule has 0 radical (unpaired) electrons. The number of nitrogens with zero attached hydrogens (tertiary/aromatic N) is 1. The Bertz CT molecular complexity index is 628. The molecule has 3 unspecified atom stereocenters. The van der Waals surface area contributed by atoms with Gasteiger partial charge in [-0.2, -0.15) is 0 Å². The highest BCUT2D eigenvalue weighted by Gasteiger charge is 2.39. The standard InChI is InChI=1S/C13H14ClNO2/c1-7-5-9(7)12(14)8-3-4-10-11(6-8)17-13(16)15(10)2/h3-4,6-7,9,12H,5H2,1-2H3. The Kier molecular flexibility index (Phi) is 2.33. The Labute approximate surface area is 104 Å². The number of rotatable bonds is 2. The summed E-state index contributed by atoms with van der Waals surface area (Å²) in [7, 11) is 1.70. The maximum atomic E-state index is 11.4. The van der Waals surface area contributed by atoms with Gasteiger partial charge in [-0.05, 0) is 36.0 Å². The molecule has 1 aliphatic rings. The molecule has 3 atom stereocenters. The summed E-state index contributed by atoms with van der Waals surface area (Å²) in [6, 6.07) is 5.78. The van der Waals surface area contributed by atoms with Crippen LogP contribution in [0.5, 0.6) is 0 Å². The van der Waals surface area contributed by atoms with Crippen molar-refractivity contribution in [1.82, 2.24) is 4.57 Å². The molecule has 0 bridgehead atoms. The van der Waals surface area contributed by atoms with Gasteiger partial charge in [-0.25, -0.2) is 4.79 Å². The second-order valence-corrected chi connectivity index (χ2v) is 5.40. The topological polar surface area (TPSA) is 35.1 Å². The van der Waals surface area contributed by atoms with Gasteiger partial charge < -0.3 is 4.42 Å². The third kappa shape index (κ3) is 1.69. The number of halogens is 1. The molecule has 4 heteroatoms. The van der Waals surface area contributed by atoms with Gasteiger partial charge in [0.15, 0.2) is 5.58 Å². The van der Waals surface area contributed by atoms with Crippen LogP contribution in [0.1, 0.15) is 24.3 Å². The molecule has 1 aromatic heterocycles. The molecule has 2 aromatic rings. The highest BCUT2D eigenvalue weighted by molar-refractivity contribution is 6.21. The predicted octanol–water partition coefficient (Wildman–Crippen LogP) is 3.07. The normalized spacial score (nSPS) is 25.1. The van der Waals surface area contributed by atoms with Crippen LogP contribution in [0.25, 0.3) is 11.1 Å². The molecule has 90 valence electrons. The van der Waals surface area contributed by atoms with Crippen LogP contribution in [-0.4, -0.2) is 4.57 Å². The van der Waals surface area contributed by atoms with Crippen LogP contribution in [0.4, 0.5) is 0 Å². The lowest BCUT2D eigenvalue weighted by atomic mass is 10.1. The summed E-state index contributed by atoms with van der Waals surface area (Å²) in [6.07, 6.45) is 1.19. The third-order valence-corrected chi connectivity index (χ3v) is 4.26. The zero-order chi connectivity index (χ0) is 12.2. The van der Waals surface area contributed by atoms with Gasteiger partial charge in [-0.3, -0.25) is 4.57 Å². The maximum absolute atomic E-state index is 11.4. The van der Waals surface area contributed by atoms with E-state index >= 15 is 0 Å². The lowest BCUT2D eigenvalue weighted by molar-refractivity contribution is 0.527. The van der Waals surface area contributed by atoms with Crippen LogP contribution >= 0.6 is 11.6 Å². The second-order valence-electron chi connectivity index (χ2n) is 4.93. The van der Waals surface area contributed by atoms with E-state index in [1.54, 1.807) is 7.05 Å². The average molecular weight is 252 g/mol. The van der Waals surface area contributed by atoms with Gasteiger partial charge in [-0.15, -0.1) is 11.6 Å². The third-order valence-electron chi connectivity index (χ3n) is 3.68. The van der Waals surface area contributed by atoms with Crippen LogP contribution < -0.4 is 5.76 Å². The molecule has 1 heterocycles. The van der Waals surface area contributed by atoms with Crippen molar-refractivity contribution < 1.29 is 4.42 Å². The van der Waals surface area contributed by atoms with Gasteiger partial charge in [-0.1, -0.05) is 13.0 Å². The molecule has 0 N–H and O–H groups in total. The zero-order valence-electron chi connectivity index (χ0n) is 9.81. The minimum absolute atomic E-state index is 0.0277. The molecule has 3 rings (SSSR count). The zero-order valence-corrected chi connectivity index (χ0v) is 10.6. The quantitative estimate of drug-likeness (QED) is 0.769. The number of hydrogen-bond donors (Lipinski definition) is 0. The van der Waals surface area contributed by atoms with E-state index in [-0.39, 0.29) is 11.1 Å². The Morgan fingerprint density at radius 3 is 2.88 bits per heavy atom. The highest BCUT2D eigenvalue weighted by atomic mass is 35.5. The van der Waals surface area contributed by atoms with Crippen molar-refractivity contribution in [1.29, 1.82) is 0 Å². The Morgan fingerprint density at radius 2 is 2.24 bits per heavy atom. The van der Waals surface area contributed by atoms with E-state index in [1.165, 1.54) is 11.0 Å². The van der Waals surface area contributed by atoms with Crippen molar-refractivity contribution in [3.8, 4) is 0 Å². The van der Waals surface area contributed by atoms with Crippen LogP contribution in [0.2, 0.25) is 0 Å². The maximum Gasteiger partial charge on any atom is 0.419 e. The van der Waals surface area contributed by atoms with E-state index in [0.717, 1.165) is 11.1 Å². The average Bonchev–Trinajstić information content (AvgIpc) is 2.97. The molecule has 0 spiro atoms. The van der Waals surface area contributed by atoms with Crippen molar-refractivity contribution in [3.05, 3.63) is 34.3 Å². The molecular weight excluding hydrogens is 238 g/mol. The number of hydrogen-bond acceptors (Lipinski definition) is 2. The summed E-state index contributed by atoms with van der Waals surface area (Å²) in [5.74, 6) is 0.934. The van der Waals surface area contributed by atoms with Crippen LogP contribution in [0.15, 0.2) is 27.4 Å². The van der Waals surface area contributed by atoms with Crippen molar-refractivity contribution in [3.63, 3.8) is 0 Å². The Morgan fingerprint density at radius 1 is 1.53 bits per heavy atom. The van der Waals surface area contributed by atoms with Gasteiger partial charge in [0.25, 0.3) is 0 Å². The smallest absolute Gasteiger partial charge is 0.408 e. The van der Waals surface area contributed by atoms with E-state index in [1.807, 2.05) is 18.2 Å². The Balaban J connectivity index is 2.04. The molecule has 0 amide bonds. The predicted molar refractivity (Wildman–Crippen MR) is 67.3 cm³/mol. The fourth-order valence-corrected chi connectivity index (χ4v) is 2.81. The number of alkyl halides is 1. The summed E-state index contributed by atoms with van der Waals surface area (Å²) < 4.78 is 6.67. The molecule has 3 nitrogen and oxygen atoms in total. The van der Waals surface area contributed by atoms with Gasteiger partial charge in [0.05, 0.1) is 10.9 Å². The summed E-state index contributed by atoms with van der Waals surface area (Å²) in [4.78, 5) is 11.4. The monoisotopic (exact) mass is 251 g/mol. The van der Waals surface area contributed by atoms with Crippen LogP contribution in [0.3, 0.4) is 0 Å². The molecule has 17 heavy (non-hydrogen) atoms. The molecule has 0 aliphatic heterocycles. The van der Waals surface area contributed by atoms with Gasteiger partial charge in [0, 0.05) is 7.05 Å². The summed E-state index contributed by atoms with van der Waals surface area (Å²) in [6.45, 7) is 2.21. The van der Waals surface area contributed by atoms with Gasteiger partial charge >= 0.3 is 5.76 Å². The Hall–Kier alpha value is -1.22. The van der Waals surface area contributed by atoms with Crippen molar-refractivity contribution in [2.45, 2.75) is 18.7 Å². The molecule has 1 saturated carbocycles. The number of benzene rings is 1. The van der Waals surface area contributed by atoms with E-state index in [9.17, 15) is 4.79 Å². The van der Waals surface area contributed by atoms with E-state index in [0.29, 0.717) is 17.4 Å². The lowest BCUT2D eigenvalue weighted by Crippen LogP contribution is -2.08. The fourth-order valence-electron chi connectivity index (χ4n) is 2.33. The second kappa shape index (κ2) is 3.64. The van der Waals surface area contributed by atoms with Crippen LogP contribution in [-0.2, 0) is 7.05 Å². The number of aromatic nitrogens is 1. The molecule has 1 aromatic carbocycles. The largest absolute Gasteiger partial charge is 0.419 e. The van der Waals surface area contributed by atoms with Gasteiger partial charge in [0.1, 0.15) is 0 Å². The van der Waals surface area contributed by atoms with E-state index in [2.05, 4.69) is 6.92 Å². The number of fused-ring (bicyclic) bond motifs is 1. The first-order valence-electron chi connectivity index (χ1n) is 5.81. The summed E-state index contributed by atoms with van der Waals surface area (Å²) in [5, 5.41) is 0.0277. The summed E-state index contributed by atoms with van der Waals surface area (Å²) in [5.41, 5.74) is 2.48. The molecular formula is C13H14ClNO2. The highest BCUT2D eigenvalue weighted by Crippen LogP contribution is 2.50. The van der Waals surface area contributed by atoms with Gasteiger partial charge in [0.2, 0.25) is 0 Å². The molecule has 0 saturated heterocycles. The first kappa shape index (κ1) is 10.9. The van der Waals surface area contributed by atoms with E-state index in [4.69, 9.17) is 16.0 Å². The van der Waals surface area contributed by atoms with Crippen LogP contribution in [0, 0.1) is 11.8 Å². The lowest BCUT2D eigenvalue weighted by Gasteiger charge is -2.08. The first-order chi connectivity index (χ1) is 8.08. The van der Waals surface area contributed by atoms with E-state index < -0.39 is 0 Å². The van der Waals surface area contributed by atoms with Crippen molar-refractivity contribution in [2.75, 3.05) is 0 Å². The minimum atomic E-state index is -0.330. The number of aryl methyl sites for hydroxylation is 1. The number of oxazole rings is 1. The molecule has 1 aliphatic carbocycles. The minimum Gasteiger partial charge on any atom is -0.408 e. The molecule has 1 fully saturated rings. The summed E-state index contributed by atoms with van der Waals surface area (Å²) >= 11 is 6.42. The first-order valence-corrected chi connectivity index (χ1v) is 6.25. The van der Waals surface area contributed by atoms with Crippen molar-refractivity contribution >= 4 is 22.7 Å². The fraction of sp³-hybridized carbons (Fsp3) is 0.462. The van der Waals surface area contributed by atoms with Crippen molar-refractivity contribution in [2.24, 2.45) is 18.9 Å². The SMILES string of the molecule is CC1CC1C(Cl)c1ccc2c(c1)oc(=O)n2C.